The maximum atomic E-state index is 10.2. The standard InChI is InChI=1S/C6H5.C4H6O7S.K/c1-2-4-6-5-3-1;5-3(6)1-2(4(7)8)12(9,10)11;/h1-5H;2H,1H2,(H,5,6)(H,7,8)(H,9,10,11);. The van der Waals surface area contributed by atoms with Crippen molar-refractivity contribution in [1.82, 2.24) is 0 Å². The molecule has 1 unspecified atom stereocenters. The molecule has 9 heteroatoms. The van der Waals surface area contributed by atoms with Crippen LogP contribution in [0.2, 0.25) is 0 Å². The van der Waals surface area contributed by atoms with E-state index in [1.165, 1.54) is -0.342 Å². The number of hydrogen-bond donors (Lipinski definition) is 3. The molecule has 0 fully saturated rings. The third kappa shape index (κ3) is 9.27. The average Bonchev–Trinajstić information content (AvgIpc) is 2.26. The fourth-order valence-corrected chi connectivity index (χ4v) is 2.22. The van der Waals surface area contributed by atoms with E-state index in [0.717, 1.165) is 49.0 Å². The molecule has 0 amide bonds. The summed E-state index contributed by atoms with van der Waals surface area (Å²) in [5.74, 6) is -3.50. The molecular weight excluding hydrogens is 303 g/mol. The van der Waals surface area contributed by atoms with Gasteiger partial charge in [0.1, 0.15) is 0 Å². The van der Waals surface area contributed by atoms with Crippen LogP contribution in [0.4, 0.5) is 0 Å². The topological polar surface area (TPSA) is 129 Å². The molecule has 0 bridgehead atoms. The fraction of sp³-hybridized carbons (Fsp3) is 0.200. The summed E-state index contributed by atoms with van der Waals surface area (Å²) in [6.07, 6.45) is -1.16. The molecule has 1 atom stereocenters. The quantitative estimate of drug-likeness (QED) is 0.494. The number of carboxylic acids is 2. The third-order valence-corrected chi connectivity index (χ3v) is 4.06. The van der Waals surface area contributed by atoms with Gasteiger partial charge >= 0.3 is 90.9 Å². The second-order valence-electron chi connectivity index (χ2n) is 3.59. The summed E-state index contributed by atoms with van der Waals surface area (Å²) < 4.78 is 30.2. The second-order valence-corrected chi connectivity index (χ2v) is 7.00. The fourth-order valence-electron chi connectivity index (χ4n) is 1.01. The Morgan fingerprint density at radius 1 is 1.16 bits per heavy atom. The Hall–Kier alpha value is -0.294. The number of hydrogen-bond acceptors (Lipinski definition) is 4. The molecule has 0 heterocycles. The van der Waals surface area contributed by atoms with Crippen LogP contribution in [0, 0.1) is 0 Å². The number of rotatable bonds is 4. The first kappa shape index (κ1) is 18.7. The van der Waals surface area contributed by atoms with Crippen LogP contribution in [-0.2, 0) is 19.7 Å². The molecule has 19 heavy (non-hydrogen) atoms. The molecule has 0 aromatic heterocycles. The summed E-state index contributed by atoms with van der Waals surface area (Å²) in [4.78, 5) is 20.0. The van der Waals surface area contributed by atoms with E-state index < -0.39 is 33.7 Å². The summed E-state index contributed by atoms with van der Waals surface area (Å²) >= 11 is 0.855. The zero-order valence-electron chi connectivity index (χ0n) is 10.1. The molecule has 0 saturated heterocycles. The van der Waals surface area contributed by atoms with Gasteiger partial charge in [0.2, 0.25) is 0 Å². The predicted molar refractivity (Wildman–Crippen MR) is 67.1 cm³/mol. The number of aliphatic carboxylic acids is 2. The van der Waals surface area contributed by atoms with Gasteiger partial charge in [-0.05, 0) is 0 Å². The molecule has 1 aromatic carbocycles. The molecular formula is C10H11KO7S. The van der Waals surface area contributed by atoms with E-state index in [0.29, 0.717) is 0 Å². The number of carbonyl (C=O) groups is 2. The molecule has 0 saturated carbocycles. The van der Waals surface area contributed by atoms with Gasteiger partial charge in [0.05, 0.1) is 6.42 Å². The van der Waals surface area contributed by atoms with E-state index in [1.54, 1.807) is 0 Å². The van der Waals surface area contributed by atoms with Crippen LogP contribution in [0.1, 0.15) is 6.42 Å². The molecule has 0 radical (unpaired) electrons. The van der Waals surface area contributed by atoms with Gasteiger partial charge in [0.25, 0.3) is 10.1 Å². The number of carboxylic acid groups (broad SMARTS) is 2. The summed E-state index contributed by atoms with van der Waals surface area (Å²) in [5.41, 5.74) is 0. The SMILES string of the molecule is O=C(O)CC(C(=O)O)S(=O)(=O)O.[K][c]1ccccc1. The van der Waals surface area contributed by atoms with Crippen LogP contribution in [0.3, 0.4) is 0 Å². The monoisotopic (exact) mass is 314 g/mol. The van der Waals surface area contributed by atoms with E-state index >= 15 is 0 Å². The Bertz CT molecular complexity index is 526. The summed E-state index contributed by atoms with van der Waals surface area (Å²) in [6.45, 7) is 0. The van der Waals surface area contributed by atoms with Crippen molar-refractivity contribution in [1.29, 1.82) is 0 Å². The van der Waals surface area contributed by atoms with E-state index in [-0.39, 0.29) is 0 Å². The van der Waals surface area contributed by atoms with Crippen LogP contribution >= 0.6 is 0 Å². The normalized spacial score (nSPS) is 11.9. The van der Waals surface area contributed by atoms with Crippen LogP contribution in [0.5, 0.6) is 0 Å². The van der Waals surface area contributed by atoms with Crippen LogP contribution < -0.4 is -0.342 Å². The van der Waals surface area contributed by atoms with Crippen LogP contribution in [-0.4, -0.2) is 89.3 Å². The van der Waals surface area contributed by atoms with Gasteiger partial charge in [0.15, 0.2) is 5.25 Å². The third-order valence-electron chi connectivity index (χ3n) is 1.94. The zero-order valence-corrected chi connectivity index (χ0v) is 14.0. The molecule has 1 rings (SSSR count). The van der Waals surface area contributed by atoms with Gasteiger partial charge in [-0.25, -0.2) is 0 Å². The van der Waals surface area contributed by atoms with Gasteiger partial charge in [-0.15, -0.1) is 0 Å². The van der Waals surface area contributed by atoms with Crippen molar-refractivity contribution in [2.24, 2.45) is 0 Å². The Morgan fingerprint density at radius 3 is 1.79 bits per heavy atom. The Labute approximate surface area is 144 Å². The summed E-state index contributed by atoms with van der Waals surface area (Å²) in [5, 5.41) is 13.9. The second kappa shape index (κ2) is 8.79. The van der Waals surface area contributed by atoms with Gasteiger partial charge < -0.3 is 10.2 Å². The van der Waals surface area contributed by atoms with E-state index in [9.17, 15) is 18.0 Å². The molecule has 7 nitrogen and oxygen atoms in total. The Morgan fingerprint density at radius 2 is 1.63 bits per heavy atom. The molecule has 0 aliphatic rings. The van der Waals surface area contributed by atoms with Crippen LogP contribution in [0.25, 0.3) is 0 Å². The predicted octanol–water partition coefficient (Wildman–Crippen LogP) is -0.717. The van der Waals surface area contributed by atoms with Crippen molar-refractivity contribution in [3.63, 3.8) is 0 Å². The number of benzene rings is 1. The van der Waals surface area contributed by atoms with Crippen molar-refractivity contribution in [3.8, 4) is 0 Å². The molecule has 100 valence electrons. The van der Waals surface area contributed by atoms with Gasteiger partial charge in [-0.2, -0.15) is 8.42 Å². The van der Waals surface area contributed by atoms with Gasteiger partial charge in [-0.1, -0.05) is 0 Å². The van der Waals surface area contributed by atoms with E-state index in [4.69, 9.17) is 14.8 Å². The van der Waals surface area contributed by atoms with Crippen molar-refractivity contribution >= 4 is 70.7 Å². The first-order valence-electron chi connectivity index (χ1n) is 5.07. The van der Waals surface area contributed by atoms with Crippen molar-refractivity contribution in [3.05, 3.63) is 30.3 Å². The molecule has 0 aliphatic heterocycles. The van der Waals surface area contributed by atoms with Crippen molar-refractivity contribution in [2.75, 3.05) is 0 Å². The summed E-state index contributed by atoms with van der Waals surface area (Å²) in [7, 11) is -4.84. The zero-order chi connectivity index (χ0) is 15.1. The maximum absolute atomic E-state index is 10.2. The Balaban J connectivity index is 0.000000388. The molecule has 0 aliphatic carbocycles. The molecule has 1 aromatic rings. The minimum absolute atomic E-state index is 0.855. The van der Waals surface area contributed by atoms with Crippen molar-refractivity contribution < 1.29 is 32.8 Å². The van der Waals surface area contributed by atoms with Crippen molar-refractivity contribution in [2.45, 2.75) is 11.7 Å². The van der Waals surface area contributed by atoms with Gasteiger partial charge in [0, 0.05) is 0 Å². The Kier molecular flexibility index (Phi) is 8.66. The van der Waals surface area contributed by atoms with E-state index in [1.807, 2.05) is 0 Å². The first-order valence-corrected chi connectivity index (χ1v) is 8.13. The van der Waals surface area contributed by atoms with Gasteiger partial charge in [-0.3, -0.25) is 14.1 Å². The first-order chi connectivity index (χ1) is 8.64. The average molecular weight is 314 g/mol. The summed E-state index contributed by atoms with van der Waals surface area (Å²) in [6, 6.07) is 10.6. The molecule has 3 N–H and O–H groups in total. The molecule has 0 spiro atoms. The minimum atomic E-state index is -4.84. The van der Waals surface area contributed by atoms with E-state index in [2.05, 4.69) is 30.3 Å². The van der Waals surface area contributed by atoms with Crippen LogP contribution in [0.15, 0.2) is 30.3 Å².